The molecule has 0 spiro atoms. The fourth-order valence-corrected chi connectivity index (χ4v) is 4.87. The van der Waals surface area contributed by atoms with E-state index >= 15 is 0 Å². The molecule has 124 valence electrons. The van der Waals surface area contributed by atoms with E-state index in [0.717, 1.165) is 12.8 Å². The maximum Gasteiger partial charge on any atom is 0.282 e. The van der Waals surface area contributed by atoms with E-state index in [1.165, 1.54) is 8.61 Å². The Morgan fingerprint density at radius 2 is 1.76 bits per heavy atom. The first-order chi connectivity index (χ1) is 9.79. The van der Waals surface area contributed by atoms with E-state index in [9.17, 15) is 16.8 Å². The molecule has 2 aliphatic heterocycles. The van der Waals surface area contributed by atoms with Gasteiger partial charge >= 0.3 is 0 Å². The van der Waals surface area contributed by atoms with Gasteiger partial charge in [0.1, 0.15) is 0 Å². The molecule has 0 bridgehead atoms. The summed E-state index contributed by atoms with van der Waals surface area (Å²) in [6.45, 7) is 3.24. The summed E-state index contributed by atoms with van der Waals surface area (Å²) < 4.78 is 52.1. The second-order valence-corrected chi connectivity index (χ2v) is 8.72. The molecule has 21 heavy (non-hydrogen) atoms. The highest BCUT2D eigenvalue weighted by atomic mass is 32.2. The smallest absolute Gasteiger partial charge is 0.282 e. The van der Waals surface area contributed by atoms with Crippen molar-refractivity contribution < 1.29 is 16.8 Å². The van der Waals surface area contributed by atoms with Crippen molar-refractivity contribution in [1.82, 2.24) is 18.6 Å². The first kappa shape index (κ1) is 17.1. The molecule has 2 saturated heterocycles. The summed E-state index contributed by atoms with van der Waals surface area (Å²) in [5.41, 5.74) is 0. The molecule has 0 aromatic heterocycles. The van der Waals surface area contributed by atoms with Gasteiger partial charge < -0.3 is 5.32 Å². The predicted octanol–water partition coefficient (Wildman–Crippen LogP) is -2.36. The Labute approximate surface area is 126 Å². The van der Waals surface area contributed by atoms with E-state index in [2.05, 4.69) is 10.0 Å². The number of piperidine rings is 1. The van der Waals surface area contributed by atoms with Crippen LogP contribution in [0, 0.1) is 5.92 Å². The summed E-state index contributed by atoms with van der Waals surface area (Å²) >= 11 is 0. The van der Waals surface area contributed by atoms with Crippen molar-refractivity contribution >= 4 is 20.4 Å². The van der Waals surface area contributed by atoms with E-state index in [0.29, 0.717) is 39.3 Å². The van der Waals surface area contributed by atoms with Crippen LogP contribution in [0.1, 0.15) is 12.8 Å². The maximum absolute atomic E-state index is 12.5. The average molecular weight is 341 g/mol. The SMILES string of the molecule is NS(=O)(=O)NCC1CCCN(S(=O)(=O)N2CCNCC2)C1. The minimum Gasteiger partial charge on any atom is -0.314 e. The fourth-order valence-electron chi connectivity index (χ4n) is 2.68. The highest BCUT2D eigenvalue weighted by Crippen LogP contribution is 2.21. The first-order valence-electron chi connectivity index (χ1n) is 7.02. The molecular formula is C10H23N5O4S2. The molecule has 9 nitrogen and oxygen atoms in total. The van der Waals surface area contributed by atoms with Crippen LogP contribution in [0.4, 0.5) is 0 Å². The Kier molecular flexibility index (Phi) is 5.57. The van der Waals surface area contributed by atoms with E-state index in [1.807, 2.05) is 0 Å². The van der Waals surface area contributed by atoms with Crippen molar-refractivity contribution in [1.29, 1.82) is 0 Å². The molecule has 2 aliphatic rings. The van der Waals surface area contributed by atoms with Crippen LogP contribution >= 0.6 is 0 Å². The van der Waals surface area contributed by atoms with Crippen LogP contribution in [0.25, 0.3) is 0 Å². The fraction of sp³-hybridized carbons (Fsp3) is 1.00. The highest BCUT2D eigenvalue weighted by Gasteiger charge is 2.34. The second kappa shape index (κ2) is 6.86. The lowest BCUT2D eigenvalue weighted by Gasteiger charge is -2.36. The van der Waals surface area contributed by atoms with Crippen LogP contribution < -0.4 is 15.2 Å². The Hall–Kier alpha value is -0.300. The van der Waals surface area contributed by atoms with Crippen LogP contribution in [0.2, 0.25) is 0 Å². The molecule has 0 aromatic rings. The van der Waals surface area contributed by atoms with E-state index in [4.69, 9.17) is 5.14 Å². The van der Waals surface area contributed by atoms with Crippen molar-refractivity contribution in [2.45, 2.75) is 12.8 Å². The van der Waals surface area contributed by atoms with Gasteiger partial charge in [0.2, 0.25) is 0 Å². The number of piperazine rings is 1. The third-order valence-electron chi connectivity index (χ3n) is 3.78. The van der Waals surface area contributed by atoms with Crippen LogP contribution in [0.15, 0.2) is 0 Å². The van der Waals surface area contributed by atoms with Gasteiger partial charge in [-0.3, -0.25) is 0 Å². The van der Waals surface area contributed by atoms with Gasteiger partial charge in [-0.15, -0.1) is 0 Å². The molecule has 2 fully saturated rings. The lowest BCUT2D eigenvalue weighted by Crippen LogP contribution is -2.54. The quantitative estimate of drug-likeness (QED) is 0.516. The minimum atomic E-state index is -3.73. The molecule has 4 N–H and O–H groups in total. The molecule has 0 aliphatic carbocycles. The van der Waals surface area contributed by atoms with Gasteiger partial charge in [-0.05, 0) is 18.8 Å². The van der Waals surface area contributed by atoms with Crippen LogP contribution in [-0.4, -0.2) is 71.3 Å². The van der Waals surface area contributed by atoms with E-state index < -0.39 is 20.4 Å². The van der Waals surface area contributed by atoms with Crippen molar-refractivity contribution in [3.8, 4) is 0 Å². The van der Waals surface area contributed by atoms with Gasteiger partial charge in [-0.1, -0.05) is 0 Å². The third-order valence-corrected chi connectivity index (χ3v) is 6.35. The zero-order chi connectivity index (χ0) is 15.5. The summed E-state index contributed by atoms with van der Waals surface area (Å²) in [5.74, 6) is -0.0465. The molecule has 0 aromatic carbocycles. The van der Waals surface area contributed by atoms with Gasteiger partial charge in [0, 0.05) is 45.8 Å². The zero-order valence-corrected chi connectivity index (χ0v) is 13.5. The van der Waals surface area contributed by atoms with Gasteiger partial charge in [0.05, 0.1) is 0 Å². The van der Waals surface area contributed by atoms with E-state index in [-0.39, 0.29) is 12.5 Å². The normalized spacial score (nSPS) is 26.8. The Bertz CT molecular complexity index is 544. The molecule has 0 radical (unpaired) electrons. The number of hydrogen-bond acceptors (Lipinski definition) is 5. The van der Waals surface area contributed by atoms with Crippen molar-refractivity contribution in [2.75, 3.05) is 45.8 Å². The lowest BCUT2D eigenvalue weighted by molar-refractivity contribution is 0.241. The topological polar surface area (TPSA) is 125 Å². The Morgan fingerprint density at radius 1 is 1.10 bits per heavy atom. The Balaban J connectivity index is 1.96. The second-order valence-electron chi connectivity index (χ2n) is 5.42. The monoisotopic (exact) mass is 341 g/mol. The molecule has 0 saturated carbocycles. The first-order valence-corrected chi connectivity index (χ1v) is 9.97. The number of nitrogens with zero attached hydrogens (tertiary/aromatic N) is 2. The summed E-state index contributed by atoms with van der Waals surface area (Å²) in [6, 6.07) is 0. The summed E-state index contributed by atoms with van der Waals surface area (Å²) in [7, 11) is -7.19. The highest BCUT2D eigenvalue weighted by molar-refractivity contribution is 7.87. The van der Waals surface area contributed by atoms with Gasteiger partial charge in [-0.25, -0.2) is 9.86 Å². The van der Waals surface area contributed by atoms with E-state index in [1.54, 1.807) is 0 Å². The van der Waals surface area contributed by atoms with Crippen molar-refractivity contribution in [3.05, 3.63) is 0 Å². The van der Waals surface area contributed by atoms with Gasteiger partial charge in [0.25, 0.3) is 20.4 Å². The molecular weight excluding hydrogens is 318 g/mol. The summed E-state index contributed by atoms with van der Waals surface area (Å²) in [4.78, 5) is 0. The molecule has 1 unspecified atom stereocenters. The molecule has 2 heterocycles. The summed E-state index contributed by atoms with van der Waals surface area (Å²) in [6.07, 6.45) is 1.51. The zero-order valence-electron chi connectivity index (χ0n) is 11.9. The number of hydrogen-bond donors (Lipinski definition) is 3. The predicted molar refractivity (Wildman–Crippen MR) is 78.8 cm³/mol. The van der Waals surface area contributed by atoms with Gasteiger partial charge in [0.15, 0.2) is 0 Å². The van der Waals surface area contributed by atoms with Crippen molar-refractivity contribution in [2.24, 2.45) is 11.1 Å². The van der Waals surface area contributed by atoms with Crippen molar-refractivity contribution in [3.63, 3.8) is 0 Å². The third kappa shape index (κ3) is 4.84. The van der Waals surface area contributed by atoms with Crippen LogP contribution in [0.5, 0.6) is 0 Å². The average Bonchev–Trinajstić information content (AvgIpc) is 2.46. The van der Waals surface area contributed by atoms with Crippen LogP contribution in [0.3, 0.4) is 0 Å². The lowest BCUT2D eigenvalue weighted by atomic mass is 10.0. The largest absolute Gasteiger partial charge is 0.314 e. The Morgan fingerprint density at radius 3 is 2.38 bits per heavy atom. The molecule has 11 heteroatoms. The minimum absolute atomic E-state index is 0.0465. The molecule has 0 amide bonds. The number of nitrogens with one attached hydrogen (secondary N) is 2. The number of nitrogens with two attached hydrogens (primary N) is 1. The maximum atomic E-state index is 12.5. The van der Waals surface area contributed by atoms with Crippen LogP contribution in [-0.2, 0) is 20.4 Å². The standard InChI is InChI=1S/C10H23N5O4S2/c11-20(16,17)13-8-10-2-1-5-15(9-10)21(18,19)14-6-3-12-4-7-14/h10,12-13H,1-9H2,(H2,11,16,17). The van der Waals surface area contributed by atoms with Gasteiger partial charge in [-0.2, -0.15) is 25.4 Å². The number of rotatable bonds is 5. The molecule has 2 rings (SSSR count). The summed E-state index contributed by atoms with van der Waals surface area (Å²) in [5, 5.41) is 8.02. The molecule has 1 atom stereocenters.